The lowest BCUT2D eigenvalue weighted by molar-refractivity contribution is -0.433. The molecule has 0 aliphatic carbocycles. The van der Waals surface area contributed by atoms with Gasteiger partial charge >= 0.3 is 0 Å². The number of aliphatic hydroxyl groups is 7. The number of phenols is 1. The van der Waals surface area contributed by atoms with Crippen LogP contribution in [0.5, 0.6) is 17.2 Å². The third-order valence-electron chi connectivity index (χ3n) is 17.0. The summed E-state index contributed by atoms with van der Waals surface area (Å²) in [6, 6.07) is 4.28. The number of rotatable bonds is 22. The molecule has 0 saturated carbocycles. The number of fused-ring (bicyclic) bond motifs is 3. The number of amides is 8. The van der Waals surface area contributed by atoms with E-state index in [0.29, 0.717) is 27.8 Å². The van der Waals surface area contributed by atoms with Gasteiger partial charge in [-0.1, -0.05) is 45.8 Å². The van der Waals surface area contributed by atoms with Gasteiger partial charge in [-0.2, -0.15) is 5.10 Å². The minimum atomic E-state index is -2.53. The minimum absolute atomic E-state index is 0.0134. The predicted molar refractivity (Wildman–Crippen MR) is 339 cm³/mol. The van der Waals surface area contributed by atoms with Crippen molar-refractivity contribution < 1.29 is 107 Å². The van der Waals surface area contributed by atoms with Crippen molar-refractivity contribution in [3.8, 4) is 39.1 Å². The molecule has 16 N–H and O–H groups in total. The van der Waals surface area contributed by atoms with E-state index in [4.69, 9.17) is 34.7 Å². The van der Waals surface area contributed by atoms with Crippen molar-refractivity contribution in [2.75, 3.05) is 59.1 Å². The molecule has 9 rings (SSSR count). The smallest absolute Gasteiger partial charge is 0.261 e. The second-order valence-electron chi connectivity index (χ2n) is 24.1. The fraction of sp³-hybridized carbons (Fsp3) is 0.508. The van der Waals surface area contributed by atoms with Gasteiger partial charge in [0.1, 0.15) is 59.2 Å². The second kappa shape index (κ2) is 33.4. The van der Waals surface area contributed by atoms with Crippen LogP contribution in [0.3, 0.4) is 0 Å². The number of carbonyl (C=O) groups excluding carboxylic acids is 8. The fourth-order valence-electron chi connectivity index (χ4n) is 11.7. The van der Waals surface area contributed by atoms with E-state index in [0.717, 1.165) is 98.3 Å². The van der Waals surface area contributed by atoms with Crippen molar-refractivity contribution in [1.29, 1.82) is 0 Å². The van der Waals surface area contributed by atoms with Gasteiger partial charge < -0.3 is 96.6 Å². The number of aliphatic hydroxyl groups excluding tert-OH is 7. The molecule has 14 atom stereocenters. The lowest BCUT2D eigenvalue weighted by Gasteiger charge is -2.34. The molecule has 5 aromatic rings. The van der Waals surface area contributed by atoms with Crippen LogP contribution in [0.2, 0.25) is 0 Å². The number of unbranched alkanes of at least 4 members (excludes halogenated alkanes) is 2. The van der Waals surface area contributed by atoms with Crippen LogP contribution in [-0.4, -0.2) is 255 Å². The maximum absolute atomic E-state index is 14.7. The number of imidazole rings is 1. The van der Waals surface area contributed by atoms with E-state index in [2.05, 4.69) is 40.9 Å². The summed E-state index contributed by atoms with van der Waals surface area (Å²) in [6.45, 7) is 5.84. The molecule has 8 amide bonds. The molecule has 4 fully saturated rings. The third kappa shape index (κ3) is 18.3. The highest BCUT2D eigenvalue weighted by Gasteiger charge is 2.50. The maximum Gasteiger partial charge on any atom is 0.261 e. The molecular weight excluding hydrogens is 1320 g/mol. The van der Waals surface area contributed by atoms with Gasteiger partial charge in [0.15, 0.2) is 11.5 Å². The van der Waals surface area contributed by atoms with Crippen LogP contribution < -0.4 is 41.2 Å². The number of primary amides is 1. The number of benzene rings is 3. The summed E-state index contributed by atoms with van der Waals surface area (Å²) in [5.41, 5.74) is 6.97. The number of hydrogen-bond donors (Lipinski definition) is 15. The number of nitrogens with two attached hydrogens (primary N) is 1. The quantitative estimate of drug-likeness (QED) is 0.0146. The van der Waals surface area contributed by atoms with Crippen LogP contribution in [0.4, 0.5) is 0 Å². The van der Waals surface area contributed by atoms with Gasteiger partial charge in [0.2, 0.25) is 46.3 Å². The summed E-state index contributed by atoms with van der Waals surface area (Å²) in [5, 5.41) is 120. The van der Waals surface area contributed by atoms with Crippen LogP contribution >= 0.6 is 23.7 Å². The third-order valence-corrected chi connectivity index (χ3v) is 18.4. The molecule has 4 aliphatic heterocycles. The Labute approximate surface area is 562 Å². The van der Waals surface area contributed by atoms with Gasteiger partial charge in [-0.05, 0) is 86.8 Å². The summed E-state index contributed by atoms with van der Waals surface area (Å²) < 4.78 is 22.3. The summed E-state index contributed by atoms with van der Waals surface area (Å²) >= 11 is 1.33. The molecule has 3 aromatic carbocycles. The standard InChI is InChI=1S/C61H78N12O22S2/c1-30-27-72-49(50(30)80)57(87)63-26-36(75)23-39(64-53(83)33-8-6-32(7-9-33)40-29-73-61(65-40)96-58(69-73)34-10-13-38(14-11-34)92-19-5-3-4-16-70-17-20-91-21-18-70)54(84)66-46(31(2)74)59(88)71-28-37(76)24-41(71)55(85)68-48(56(86)67-47(60(72)89)43(78)25-45(62)79)52(82)51(81)35-12-15-42(77)44(22-35)93-97-95-94-90/h6-15,22,29-31,36-37,39,41,43,46-52,74-78,80-82,90H,3-5,16-21,23-28H2,1-2H3,(H2,62,79)(H,63,87)(H,64,83)(H,66,84)(H,67,86)(H,68,85)/t30?,31?,36?,37?,39-,41?,43?,46?,47?,48?,49?,50?,51?,52?/m0/s1. The van der Waals surface area contributed by atoms with Crippen molar-refractivity contribution in [2.24, 2.45) is 11.7 Å². The monoisotopic (exact) mass is 1390 g/mol. The van der Waals surface area contributed by atoms with E-state index in [9.17, 15) is 79.2 Å². The van der Waals surface area contributed by atoms with E-state index in [1.807, 2.05) is 24.3 Å². The lowest BCUT2D eigenvalue weighted by Crippen LogP contribution is -2.64. The van der Waals surface area contributed by atoms with Crippen molar-refractivity contribution in [3.63, 3.8) is 0 Å². The highest BCUT2D eigenvalue weighted by molar-refractivity contribution is 7.90. The summed E-state index contributed by atoms with van der Waals surface area (Å²) in [5.74, 6) is -11.2. The first-order chi connectivity index (χ1) is 46.4. The zero-order chi connectivity index (χ0) is 69.8. The maximum atomic E-state index is 14.7. The highest BCUT2D eigenvalue weighted by Crippen LogP contribution is 2.35. The Morgan fingerprint density at radius 2 is 1.51 bits per heavy atom. The Kier molecular flexibility index (Phi) is 25.1. The Hall–Kier alpha value is -8.21. The molecule has 97 heavy (non-hydrogen) atoms. The first-order valence-corrected chi connectivity index (χ1v) is 32.7. The molecule has 2 aromatic heterocycles. The number of phenolic OH excluding ortho intramolecular Hbond substituents is 1. The van der Waals surface area contributed by atoms with Gasteiger partial charge in [-0.25, -0.2) is 14.8 Å². The number of nitrogens with one attached hydrogen (secondary N) is 5. The zero-order valence-electron chi connectivity index (χ0n) is 52.5. The molecule has 36 heteroatoms. The molecule has 0 spiro atoms. The topological polar surface area (TPSA) is 491 Å². The van der Waals surface area contributed by atoms with Crippen LogP contribution in [0.1, 0.15) is 74.4 Å². The van der Waals surface area contributed by atoms with Crippen molar-refractivity contribution in [2.45, 2.75) is 131 Å². The Morgan fingerprint density at radius 3 is 2.20 bits per heavy atom. The number of aromatic hydroxyl groups is 1. The number of nitrogens with zero attached hydrogens (tertiary/aromatic N) is 6. The molecule has 0 radical (unpaired) electrons. The van der Waals surface area contributed by atoms with Crippen LogP contribution in [0.15, 0.2) is 72.9 Å². The Morgan fingerprint density at radius 1 is 0.814 bits per heavy atom. The summed E-state index contributed by atoms with van der Waals surface area (Å²) in [6.07, 6.45) is -11.4. The second-order valence-corrected chi connectivity index (χ2v) is 25.5. The number of ether oxygens (including phenoxy) is 2. The average Bonchev–Trinajstić information content (AvgIpc) is 1.73. The van der Waals surface area contributed by atoms with Gasteiger partial charge in [0.05, 0.1) is 68.7 Å². The molecule has 4 aliphatic rings. The van der Waals surface area contributed by atoms with Gasteiger partial charge in [-0.15, -0.1) is 0 Å². The number of carbonyl (C=O) groups is 8. The molecule has 526 valence electrons. The number of β-amino-alcohol motifs (C(OH)–C–C–N with tert-alkyl or cyclic N) is 1. The van der Waals surface area contributed by atoms with E-state index < -0.39 is 183 Å². The van der Waals surface area contributed by atoms with Gasteiger partial charge in [0, 0.05) is 68.2 Å². The summed E-state index contributed by atoms with van der Waals surface area (Å²) in [4.78, 5) is 123. The number of aromatic nitrogens is 3. The van der Waals surface area contributed by atoms with Gasteiger partial charge in [-0.3, -0.25) is 43.3 Å². The van der Waals surface area contributed by atoms with Crippen molar-refractivity contribution in [3.05, 3.63) is 84.1 Å². The van der Waals surface area contributed by atoms with E-state index in [1.54, 1.807) is 22.8 Å². The minimum Gasteiger partial charge on any atom is -0.504 e. The fourth-order valence-corrected chi connectivity index (χ4v) is 12.9. The molecule has 4 saturated heterocycles. The Balaban J connectivity index is 0.945. The van der Waals surface area contributed by atoms with E-state index in [1.165, 1.54) is 30.4 Å². The zero-order valence-corrected chi connectivity index (χ0v) is 54.2. The first-order valence-electron chi connectivity index (χ1n) is 31.2. The van der Waals surface area contributed by atoms with Crippen LogP contribution in [0, 0.1) is 5.92 Å². The normalized spacial score (nSPS) is 25.5. The molecule has 34 nitrogen and oxygen atoms in total. The number of morpholine rings is 1. The van der Waals surface area contributed by atoms with Gasteiger partial charge in [0.25, 0.3) is 18.2 Å². The van der Waals surface area contributed by atoms with Crippen molar-refractivity contribution >= 4 is 75.9 Å². The summed E-state index contributed by atoms with van der Waals surface area (Å²) in [7, 11) is 0. The average molecular weight is 1400 g/mol. The predicted octanol–water partition coefficient (Wildman–Crippen LogP) is -2.61. The lowest BCUT2D eigenvalue weighted by atomic mass is 9.96. The number of hydrogen-bond acceptors (Lipinski definition) is 27. The largest absolute Gasteiger partial charge is 0.504 e. The molecule has 13 unspecified atom stereocenters. The van der Waals surface area contributed by atoms with Crippen LogP contribution in [-0.2, 0) is 47.7 Å². The molecular formula is C61H78N12O22S2. The Bertz CT molecular complexity index is 3550. The highest BCUT2D eigenvalue weighted by atomic mass is 32.2. The van der Waals surface area contributed by atoms with Crippen molar-refractivity contribution in [1.82, 2.24) is 55.9 Å². The molecule has 0 bridgehead atoms. The first kappa shape index (κ1) is 73.0. The van der Waals surface area contributed by atoms with E-state index >= 15 is 0 Å². The SMILES string of the molecule is CC(O)C1NC(=O)[C@@H](NC(=O)c2ccc(-c3cn4nc(-c5ccc(OCCCCCN6CCOCC6)cc5)sc4n3)cc2)CC(O)CNC(=O)C2C(O)C(C)CN2C(=O)C(C(O)CC(N)=O)NC(=O)C(C(O)C(O)c2ccc(O)c(OSOOO)c2)NC(=O)C2CC(O)CN2C1=O. The molecule has 6 heterocycles. The van der Waals surface area contributed by atoms with E-state index in [-0.39, 0.29) is 23.5 Å². The van der Waals surface area contributed by atoms with Crippen LogP contribution in [0.25, 0.3) is 26.8 Å².